The number of nitrogens with one attached hydrogen (secondary N) is 3. The molecule has 0 heterocycles. The van der Waals surface area contributed by atoms with Gasteiger partial charge in [-0.1, -0.05) is 6.92 Å². The van der Waals surface area contributed by atoms with Crippen molar-refractivity contribution in [1.29, 1.82) is 0 Å². The molecule has 7 atom stereocenters. The minimum absolute atomic E-state index is 0.0222. The van der Waals surface area contributed by atoms with Crippen LogP contribution in [-0.4, -0.2) is 106 Å². The molecule has 9 N–H and O–H groups in total. The molecule has 4 amide bonds. The summed E-state index contributed by atoms with van der Waals surface area (Å²) in [4.78, 5) is 69.4. The molecule has 0 aliphatic carbocycles. The van der Waals surface area contributed by atoms with E-state index in [1.807, 2.05) is 0 Å². The van der Waals surface area contributed by atoms with Gasteiger partial charge in [-0.15, -0.1) is 0 Å². The number of carboxylic acids is 1. The van der Waals surface area contributed by atoms with E-state index in [2.05, 4.69) is 16.0 Å². The normalized spacial score (nSPS) is 16.8. The topological polar surface area (TPSA) is 255 Å². The maximum absolute atomic E-state index is 12.5. The van der Waals surface area contributed by atoms with Gasteiger partial charge in [-0.05, 0) is 19.3 Å². The number of carboxylic acid groups (broad SMARTS) is 1. The molecule has 0 saturated carbocycles. The van der Waals surface area contributed by atoms with Crippen LogP contribution >= 0.6 is 0 Å². The zero-order valence-electron chi connectivity index (χ0n) is 20.4. The average molecular weight is 521 g/mol. The molecule has 0 aromatic rings. The highest BCUT2D eigenvalue weighted by atomic mass is 16.5. The molecule has 0 rings (SSSR count). The summed E-state index contributed by atoms with van der Waals surface area (Å²) in [5.41, 5.74) is 5.17. The fourth-order valence-electron chi connectivity index (χ4n) is 3.04. The summed E-state index contributed by atoms with van der Waals surface area (Å²) in [7, 11) is 0. The molecule has 0 aromatic heterocycles. The van der Waals surface area contributed by atoms with Crippen molar-refractivity contribution in [2.24, 2.45) is 11.7 Å². The number of amides is 4. The van der Waals surface area contributed by atoms with Crippen LogP contribution in [0.2, 0.25) is 0 Å². The lowest BCUT2D eigenvalue weighted by atomic mass is 10.0. The van der Waals surface area contributed by atoms with Crippen molar-refractivity contribution >= 4 is 35.9 Å². The van der Waals surface area contributed by atoms with Gasteiger partial charge in [0.25, 0.3) is 0 Å². The van der Waals surface area contributed by atoms with E-state index in [4.69, 9.17) is 20.7 Å². The Balaban J connectivity index is 4.98. The van der Waals surface area contributed by atoms with Gasteiger partial charge < -0.3 is 51.6 Å². The number of aliphatic hydroxyl groups is 3. The van der Waals surface area contributed by atoms with E-state index in [9.17, 15) is 39.0 Å². The molecule has 0 aromatic carbocycles. The number of carbonyl (C=O) groups is 6. The molecule has 0 aliphatic heterocycles. The maximum atomic E-state index is 12.5. The number of aliphatic carboxylic acids is 1. The summed E-state index contributed by atoms with van der Waals surface area (Å²) in [5.74, 6) is -4.40. The van der Waals surface area contributed by atoms with Gasteiger partial charge in [-0.3, -0.25) is 24.0 Å². The molecule has 0 aliphatic rings. The minimum atomic E-state index is -1.82. The second-order valence-corrected chi connectivity index (χ2v) is 8.36. The van der Waals surface area contributed by atoms with E-state index >= 15 is 0 Å². The molecule has 3 unspecified atom stereocenters. The standard InChI is InChI=1S/C21H36N4O11/c1-10(6-16(30)25-13(20(22)34)4-5-17(31)32)7-23-21(35)11(2)36-19(18(33)15(29)9-27)14(8-26)24-12(3)28/h8,10-11,13-15,18-19,27,29,33H,4-7,9H2,1-3H3,(H2,22,34)(H,23,35)(H,24,28)(H,25,30)(H,31,32)/t10?,11?,13?,14-,15+,18+,19+/m0/s1. The van der Waals surface area contributed by atoms with Crippen LogP contribution in [-0.2, 0) is 33.5 Å². The molecule has 0 saturated heterocycles. The van der Waals surface area contributed by atoms with E-state index in [1.165, 1.54) is 6.92 Å². The largest absolute Gasteiger partial charge is 0.481 e. The van der Waals surface area contributed by atoms with Gasteiger partial charge >= 0.3 is 5.97 Å². The van der Waals surface area contributed by atoms with Crippen molar-refractivity contribution in [2.45, 2.75) is 76.5 Å². The van der Waals surface area contributed by atoms with Gasteiger partial charge in [0, 0.05) is 26.3 Å². The SMILES string of the molecule is CC(=O)N[C@@H](C=O)[C@@H](OC(C)C(=O)NCC(C)CC(=O)NC(CCC(=O)O)C(N)=O)[C@H](O)[C@H](O)CO. The number of primary amides is 1. The van der Waals surface area contributed by atoms with Gasteiger partial charge in [0.1, 0.15) is 42.8 Å². The smallest absolute Gasteiger partial charge is 0.303 e. The Kier molecular flexibility index (Phi) is 15.1. The fraction of sp³-hybridized carbons (Fsp3) is 0.714. The van der Waals surface area contributed by atoms with Crippen molar-refractivity contribution in [1.82, 2.24) is 16.0 Å². The molecule has 206 valence electrons. The fourth-order valence-corrected chi connectivity index (χ4v) is 3.04. The number of carbonyl (C=O) groups excluding carboxylic acids is 5. The van der Waals surface area contributed by atoms with Crippen LogP contribution in [0.4, 0.5) is 0 Å². The van der Waals surface area contributed by atoms with Crippen LogP contribution in [0.15, 0.2) is 0 Å². The summed E-state index contributed by atoms with van der Waals surface area (Å²) in [6, 6.07) is -2.59. The van der Waals surface area contributed by atoms with E-state index < -0.39 is 78.6 Å². The van der Waals surface area contributed by atoms with E-state index in [-0.39, 0.29) is 32.1 Å². The Labute approximate surface area is 207 Å². The zero-order chi connectivity index (χ0) is 28.0. The number of aldehydes is 1. The number of aliphatic hydroxyl groups excluding tert-OH is 3. The van der Waals surface area contributed by atoms with Gasteiger partial charge in [0.05, 0.1) is 6.61 Å². The van der Waals surface area contributed by atoms with E-state index in [1.54, 1.807) is 6.92 Å². The predicted octanol–water partition coefficient (Wildman–Crippen LogP) is -3.84. The molecule has 15 nitrogen and oxygen atoms in total. The van der Waals surface area contributed by atoms with Crippen LogP contribution in [0.25, 0.3) is 0 Å². The van der Waals surface area contributed by atoms with Crippen LogP contribution in [0.5, 0.6) is 0 Å². The highest BCUT2D eigenvalue weighted by Gasteiger charge is 2.36. The van der Waals surface area contributed by atoms with Crippen molar-refractivity contribution in [3.63, 3.8) is 0 Å². The second-order valence-electron chi connectivity index (χ2n) is 8.36. The Morgan fingerprint density at radius 3 is 2.17 bits per heavy atom. The molecule has 15 heteroatoms. The molecule has 0 bridgehead atoms. The molecule has 36 heavy (non-hydrogen) atoms. The third-order valence-corrected chi connectivity index (χ3v) is 5.00. The number of hydrogen-bond acceptors (Lipinski definition) is 10. The van der Waals surface area contributed by atoms with Crippen molar-refractivity contribution in [2.75, 3.05) is 13.2 Å². The second kappa shape index (κ2) is 16.5. The average Bonchev–Trinajstić information content (AvgIpc) is 2.80. The number of ether oxygens (including phenoxy) is 1. The van der Waals surface area contributed by atoms with Crippen LogP contribution in [0.1, 0.15) is 40.0 Å². The summed E-state index contributed by atoms with van der Waals surface area (Å²) < 4.78 is 5.43. The van der Waals surface area contributed by atoms with Gasteiger partial charge in [-0.2, -0.15) is 0 Å². The molecule has 0 fully saturated rings. The first-order valence-electron chi connectivity index (χ1n) is 11.2. The zero-order valence-corrected chi connectivity index (χ0v) is 20.4. The third-order valence-electron chi connectivity index (χ3n) is 5.00. The van der Waals surface area contributed by atoms with Crippen molar-refractivity contribution in [3.05, 3.63) is 0 Å². The summed E-state index contributed by atoms with van der Waals surface area (Å²) in [6.07, 6.45) is -6.83. The van der Waals surface area contributed by atoms with Gasteiger partial charge in [0.15, 0.2) is 0 Å². The first-order valence-corrected chi connectivity index (χ1v) is 11.2. The summed E-state index contributed by atoms with van der Waals surface area (Å²) >= 11 is 0. The van der Waals surface area contributed by atoms with Gasteiger partial charge in [0.2, 0.25) is 23.6 Å². The highest BCUT2D eigenvalue weighted by molar-refractivity contribution is 5.87. The lowest BCUT2D eigenvalue weighted by Gasteiger charge is -2.32. The predicted molar refractivity (Wildman–Crippen MR) is 122 cm³/mol. The molecule has 0 radical (unpaired) electrons. The number of hydrogen-bond donors (Lipinski definition) is 8. The maximum Gasteiger partial charge on any atom is 0.303 e. The van der Waals surface area contributed by atoms with E-state index in [0.717, 1.165) is 6.92 Å². The Morgan fingerprint density at radius 1 is 1.08 bits per heavy atom. The Bertz CT molecular complexity index is 779. The Morgan fingerprint density at radius 2 is 1.69 bits per heavy atom. The summed E-state index contributed by atoms with van der Waals surface area (Å²) in [5, 5.41) is 44.8. The Hall–Kier alpha value is -3.14. The number of nitrogens with two attached hydrogens (primary N) is 1. The minimum Gasteiger partial charge on any atom is -0.481 e. The molecular formula is C21H36N4O11. The van der Waals surface area contributed by atoms with Crippen LogP contribution < -0.4 is 21.7 Å². The summed E-state index contributed by atoms with van der Waals surface area (Å²) in [6.45, 7) is 3.11. The first kappa shape index (κ1) is 32.9. The monoisotopic (exact) mass is 520 g/mol. The van der Waals surface area contributed by atoms with Crippen molar-refractivity contribution < 1.29 is 53.9 Å². The number of rotatable bonds is 18. The first-order chi connectivity index (χ1) is 16.7. The lowest BCUT2D eigenvalue weighted by Crippen LogP contribution is -2.56. The quantitative estimate of drug-likeness (QED) is 0.0812. The van der Waals surface area contributed by atoms with Crippen LogP contribution in [0, 0.1) is 5.92 Å². The third kappa shape index (κ3) is 12.5. The van der Waals surface area contributed by atoms with E-state index in [0.29, 0.717) is 0 Å². The molecular weight excluding hydrogens is 484 g/mol. The van der Waals surface area contributed by atoms with Crippen LogP contribution in [0.3, 0.4) is 0 Å². The van der Waals surface area contributed by atoms with Crippen molar-refractivity contribution in [3.8, 4) is 0 Å². The molecule has 0 spiro atoms. The lowest BCUT2D eigenvalue weighted by molar-refractivity contribution is -0.157. The highest BCUT2D eigenvalue weighted by Crippen LogP contribution is 2.12. The van der Waals surface area contributed by atoms with Gasteiger partial charge in [-0.25, -0.2) is 0 Å².